The maximum absolute atomic E-state index is 13.4. The normalized spacial score (nSPS) is 25.0. The van der Waals surface area contributed by atoms with Crippen LogP contribution in [0.2, 0.25) is 0 Å². The summed E-state index contributed by atoms with van der Waals surface area (Å²) in [6, 6.07) is 2.14. The summed E-state index contributed by atoms with van der Waals surface area (Å²) in [4.78, 5) is 3.56. The van der Waals surface area contributed by atoms with Crippen LogP contribution in [0.4, 0.5) is 4.39 Å². The van der Waals surface area contributed by atoms with Gasteiger partial charge < -0.3 is 5.11 Å². The molecule has 5 nitrogen and oxygen atoms in total. The summed E-state index contributed by atoms with van der Waals surface area (Å²) >= 11 is 0. The summed E-state index contributed by atoms with van der Waals surface area (Å²) in [7, 11) is -3.93. The molecule has 0 unspecified atom stereocenters. The standard InChI is InChI=1S/C11H15FN2O3S/c12-10-2-1-7-13-11(10)18(16,17)14-8-3-5-9(15)6-4-8/h1-2,7-9,14-15H,3-6H2. The number of nitrogens with zero attached hydrogens (tertiary/aromatic N) is 1. The molecule has 1 aromatic rings. The topological polar surface area (TPSA) is 79.3 Å². The summed E-state index contributed by atoms with van der Waals surface area (Å²) in [6.45, 7) is 0. The lowest BCUT2D eigenvalue weighted by molar-refractivity contribution is 0.120. The van der Waals surface area contributed by atoms with Gasteiger partial charge in [-0.25, -0.2) is 22.5 Å². The molecule has 0 spiro atoms. The Morgan fingerprint density at radius 3 is 2.61 bits per heavy atom. The second kappa shape index (κ2) is 5.29. The number of sulfonamides is 1. The van der Waals surface area contributed by atoms with Crippen molar-refractivity contribution in [3.63, 3.8) is 0 Å². The van der Waals surface area contributed by atoms with E-state index in [1.807, 2.05) is 0 Å². The number of nitrogens with one attached hydrogen (secondary N) is 1. The van der Waals surface area contributed by atoms with Crippen LogP contribution in [0.3, 0.4) is 0 Å². The van der Waals surface area contributed by atoms with Crippen LogP contribution in [-0.2, 0) is 10.0 Å². The fourth-order valence-corrected chi connectivity index (χ4v) is 3.35. The van der Waals surface area contributed by atoms with Gasteiger partial charge in [-0.15, -0.1) is 0 Å². The van der Waals surface area contributed by atoms with Crippen molar-refractivity contribution in [2.75, 3.05) is 0 Å². The maximum atomic E-state index is 13.4. The minimum Gasteiger partial charge on any atom is -0.393 e. The van der Waals surface area contributed by atoms with E-state index in [9.17, 15) is 17.9 Å². The largest absolute Gasteiger partial charge is 0.393 e. The van der Waals surface area contributed by atoms with Gasteiger partial charge in [0, 0.05) is 12.2 Å². The van der Waals surface area contributed by atoms with E-state index in [-0.39, 0.29) is 12.1 Å². The molecule has 0 bridgehead atoms. The van der Waals surface area contributed by atoms with Crippen LogP contribution in [-0.4, -0.2) is 30.7 Å². The zero-order chi connectivity index (χ0) is 13.2. The highest BCUT2D eigenvalue weighted by atomic mass is 32.2. The molecule has 0 aliphatic heterocycles. The molecular formula is C11H15FN2O3S. The SMILES string of the molecule is O=S(=O)(NC1CCC(O)CC1)c1ncccc1F. The Morgan fingerprint density at radius 1 is 1.33 bits per heavy atom. The molecule has 0 atom stereocenters. The van der Waals surface area contributed by atoms with Crippen molar-refractivity contribution in [1.29, 1.82) is 0 Å². The Morgan fingerprint density at radius 2 is 2.00 bits per heavy atom. The van der Waals surface area contributed by atoms with E-state index in [0.29, 0.717) is 25.7 Å². The molecule has 0 saturated heterocycles. The quantitative estimate of drug-likeness (QED) is 0.854. The number of aromatic nitrogens is 1. The first kappa shape index (κ1) is 13.4. The van der Waals surface area contributed by atoms with Crippen LogP contribution in [0, 0.1) is 5.82 Å². The highest BCUT2D eigenvalue weighted by Gasteiger charge is 2.27. The maximum Gasteiger partial charge on any atom is 0.261 e. The number of pyridine rings is 1. The summed E-state index contributed by atoms with van der Waals surface area (Å²) in [5.74, 6) is -0.860. The van der Waals surface area contributed by atoms with Crippen LogP contribution in [0.1, 0.15) is 25.7 Å². The zero-order valence-electron chi connectivity index (χ0n) is 9.71. The number of halogens is 1. The Bertz CT molecular complexity index is 513. The molecule has 2 rings (SSSR count). The van der Waals surface area contributed by atoms with Gasteiger partial charge in [0.2, 0.25) is 5.03 Å². The third-order valence-electron chi connectivity index (χ3n) is 3.00. The fourth-order valence-electron chi connectivity index (χ4n) is 2.04. The summed E-state index contributed by atoms with van der Waals surface area (Å²) in [5, 5.41) is 8.76. The predicted octanol–water partition coefficient (Wildman–Crippen LogP) is 0.802. The first-order valence-corrected chi connectivity index (χ1v) is 7.28. The minimum absolute atomic E-state index is 0.264. The summed E-state index contributed by atoms with van der Waals surface area (Å²) in [5.41, 5.74) is 0. The van der Waals surface area contributed by atoms with Crippen LogP contribution >= 0.6 is 0 Å². The highest BCUT2D eigenvalue weighted by Crippen LogP contribution is 2.20. The van der Waals surface area contributed by atoms with Gasteiger partial charge in [0.05, 0.1) is 6.10 Å². The van der Waals surface area contributed by atoms with Gasteiger partial charge in [-0.3, -0.25) is 0 Å². The molecule has 1 aliphatic carbocycles. The molecule has 0 amide bonds. The lowest BCUT2D eigenvalue weighted by Crippen LogP contribution is -2.39. The Labute approximate surface area is 105 Å². The number of hydrogen-bond acceptors (Lipinski definition) is 4. The van der Waals surface area contributed by atoms with E-state index in [4.69, 9.17) is 0 Å². The molecule has 7 heteroatoms. The third-order valence-corrected chi connectivity index (χ3v) is 4.45. The van der Waals surface area contributed by atoms with Gasteiger partial charge in [0.25, 0.3) is 10.0 Å². The minimum atomic E-state index is -3.93. The van der Waals surface area contributed by atoms with Crippen molar-refractivity contribution in [2.24, 2.45) is 0 Å². The zero-order valence-corrected chi connectivity index (χ0v) is 10.5. The second-order valence-corrected chi connectivity index (χ2v) is 6.05. The Balaban J connectivity index is 2.11. The summed E-state index contributed by atoms with van der Waals surface area (Å²) < 4.78 is 39.7. The molecule has 1 fully saturated rings. The highest BCUT2D eigenvalue weighted by molar-refractivity contribution is 7.89. The Kier molecular flexibility index (Phi) is 3.94. The molecule has 18 heavy (non-hydrogen) atoms. The number of hydrogen-bond donors (Lipinski definition) is 2. The Hall–Kier alpha value is -1.05. The molecule has 1 saturated carbocycles. The lowest BCUT2D eigenvalue weighted by atomic mass is 9.94. The molecule has 0 radical (unpaired) electrons. The molecule has 1 heterocycles. The molecule has 2 N–H and O–H groups in total. The van der Waals surface area contributed by atoms with E-state index in [1.54, 1.807) is 0 Å². The van der Waals surface area contributed by atoms with E-state index in [1.165, 1.54) is 12.3 Å². The van der Waals surface area contributed by atoms with E-state index >= 15 is 0 Å². The van der Waals surface area contributed by atoms with E-state index in [2.05, 4.69) is 9.71 Å². The average Bonchev–Trinajstić information content (AvgIpc) is 2.32. The number of rotatable bonds is 3. The van der Waals surface area contributed by atoms with Crippen molar-refractivity contribution >= 4 is 10.0 Å². The molecule has 100 valence electrons. The first-order valence-electron chi connectivity index (χ1n) is 5.80. The van der Waals surface area contributed by atoms with Crippen molar-refractivity contribution in [1.82, 2.24) is 9.71 Å². The first-order chi connectivity index (χ1) is 8.49. The third kappa shape index (κ3) is 3.04. The fraction of sp³-hybridized carbons (Fsp3) is 0.545. The van der Waals surface area contributed by atoms with Crippen LogP contribution in [0.15, 0.2) is 23.4 Å². The van der Waals surface area contributed by atoms with Crippen molar-refractivity contribution < 1.29 is 17.9 Å². The van der Waals surface area contributed by atoms with Crippen LogP contribution in [0.5, 0.6) is 0 Å². The van der Waals surface area contributed by atoms with Gasteiger partial charge in [0.15, 0.2) is 5.82 Å². The monoisotopic (exact) mass is 274 g/mol. The van der Waals surface area contributed by atoms with Crippen molar-refractivity contribution in [3.8, 4) is 0 Å². The number of aliphatic hydroxyl groups is 1. The molecule has 0 aromatic carbocycles. The molecular weight excluding hydrogens is 259 g/mol. The van der Waals surface area contributed by atoms with Gasteiger partial charge in [-0.05, 0) is 37.8 Å². The van der Waals surface area contributed by atoms with Gasteiger partial charge in [0.1, 0.15) is 0 Å². The van der Waals surface area contributed by atoms with Crippen molar-refractivity contribution in [2.45, 2.75) is 42.9 Å². The molecule has 1 aliphatic rings. The average molecular weight is 274 g/mol. The van der Waals surface area contributed by atoms with E-state index < -0.39 is 20.9 Å². The van der Waals surface area contributed by atoms with Gasteiger partial charge >= 0.3 is 0 Å². The molecule has 1 aromatic heterocycles. The second-order valence-electron chi connectivity index (χ2n) is 4.42. The smallest absolute Gasteiger partial charge is 0.261 e. The van der Waals surface area contributed by atoms with Crippen LogP contribution < -0.4 is 4.72 Å². The summed E-state index contributed by atoms with van der Waals surface area (Å²) in [6.07, 6.45) is 3.08. The van der Waals surface area contributed by atoms with Crippen LogP contribution in [0.25, 0.3) is 0 Å². The lowest BCUT2D eigenvalue weighted by Gasteiger charge is -2.25. The van der Waals surface area contributed by atoms with Gasteiger partial charge in [-0.1, -0.05) is 0 Å². The van der Waals surface area contributed by atoms with E-state index in [0.717, 1.165) is 6.07 Å². The van der Waals surface area contributed by atoms with Crippen molar-refractivity contribution in [3.05, 3.63) is 24.1 Å². The number of aliphatic hydroxyl groups excluding tert-OH is 1. The van der Waals surface area contributed by atoms with Gasteiger partial charge in [-0.2, -0.15) is 0 Å². The predicted molar refractivity (Wildman–Crippen MR) is 62.8 cm³/mol.